The molecule has 0 fully saturated rings. The van der Waals surface area contributed by atoms with E-state index in [1.807, 2.05) is 0 Å². The molecule has 4 rings (SSSR count). The molecule has 0 amide bonds. The van der Waals surface area contributed by atoms with Crippen molar-refractivity contribution in [3.63, 3.8) is 0 Å². The summed E-state index contributed by atoms with van der Waals surface area (Å²) in [5, 5.41) is 104. The third-order valence-electron chi connectivity index (χ3n) is 7.26. The van der Waals surface area contributed by atoms with Gasteiger partial charge in [0.2, 0.25) is 0 Å². The van der Waals surface area contributed by atoms with Crippen molar-refractivity contribution in [2.24, 2.45) is 17.4 Å². The molecule has 282 valence electrons. The van der Waals surface area contributed by atoms with Gasteiger partial charge in [-0.25, -0.2) is 0 Å². The molecule has 0 aliphatic carbocycles. The number of nitrogens with two attached hydrogens (primary N) is 2. The molecule has 0 bridgehead atoms. The summed E-state index contributed by atoms with van der Waals surface area (Å²) in [5.41, 5.74) is 13.1. The minimum absolute atomic E-state index is 0.0871. The van der Waals surface area contributed by atoms with Crippen molar-refractivity contribution in [1.29, 1.82) is 0 Å². The Labute approximate surface area is 297 Å². The number of aliphatic hydroxyl groups excluding tert-OH is 3. The lowest BCUT2D eigenvalue weighted by atomic mass is 10.00. The van der Waals surface area contributed by atoms with E-state index in [1.165, 1.54) is 54.6 Å². The Balaban J connectivity index is 0.000000342. The van der Waals surface area contributed by atoms with Crippen molar-refractivity contribution in [2.75, 3.05) is 26.7 Å². The van der Waals surface area contributed by atoms with Crippen LogP contribution in [0.5, 0.6) is 46.0 Å². The lowest BCUT2D eigenvalue weighted by molar-refractivity contribution is 0.158. The van der Waals surface area contributed by atoms with E-state index in [-0.39, 0.29) is 52.5 Å². The number of likely N-dealkylation sites (N-methyl/N-ethyl adjacent to an activating group) is 1. The van der Waals surface area contributed by atoms with Crippen molar-refractivity contribution in [1.82, 2.24) is 5.32 Å². The molecule has 0 aromatic heterocycles. The van der Waals surface area contributed by atoms with E-state index in [0.29, 0.717) is 48.5 Å². The maximum Gasteiger partial charge on any atom is 0.157 e. The van der Waals surface area contributed by atoms with Crippen LogP contribution in [-0.4, -0.2) is 82.9 Å². The van der Waals surface area contributed by atoms with Crippen molar-refractivity contribution in [3.05, 3.63) is 95.1 Å². The molecule has 0 saturated heterocycles. The third kappa shape index (κ3) is 16.1. The van der Waals surface area contributed by atoms with E-state index in [4.69, 9.17) is 47.2 Å². The van der Waals surface area contributed by atoms with Crippen LogP contribution in [0.2, 0.25) is 0 Å². The van der Waals surface area contributed by atoms with E-state index in [9.17, 15) is 20.4 Å². The zero-order chi connectivity index (χ0) is 38.7. The van der Waals surface area contributed by atoms with Gasteiger partial charge in [0.1, 0.15) is 0 Å². The molecule has 0 heterocycles. The number of phenols is 8. The third-order valence-corrected chi connectivity index (χ3v) is 7.26. The molecule has 0 aliphatic heterocycles. The Morgan fingerprint density at radius 1 is 0.510 bits per heavy atom. The first kappa shape index (κ1) is 44.1. The van der Waals surface area contributed by atoms with Gasteiger partial charge in [-0.05, 0) is 110 Å². The monoisotopic (exact) mass is 715 g/mol. The molecule has 0 saturated carbocycles. The molecular formula is C37H53N3O11. The summed E-state index contributed by atoms with van der Waals surface area (Å²) in [6.07, 6.45) is 0.283. The van der Waals surface area contributed by atoms with Crippen LogP contribution in [0, 0.1) is 5.92 Å². The van der Waals surface area contributed by atoms with Gasteiger partial charge >= 0.3 is 0 Å². The van der Waals surface area contributed by atoms with E-state index in [1.54, 1.807) is 25.2 Å². The largest absolute Gasteiger partial charge is 0.504 e. The quantitative estimate of drug-likeness (QED) is 0.0988. The highest BCUT2D eigenvalue weighted by molar-refractivity contribution is 5.43. The predicted octanol–water partition coefficient (Wildman–Crippen LogP) is 3.61. The summed E-state index contributed by atoms with van der Waals surface area (Å²) >= 11 is 0. The van der Waals surface area contributed by atoms with Gasteiger partial charge in [-0.2, -0.15) is 0 Å². The normalized spacial score (nSPS) is 12.3. The number of phenolic OH excluding ortho intramolecular Hbond substituents is 8. The summed E-state index contributed by atoms with van der Waals surface area (Å²) in [6, 6.07) is 17.5. The molecule has 4 aromatic carbocycles. The topological polar surface area (TPSA) is 287 Å². The highest BCUT2D eigenvalue weighted by Gasteiger charge is 2.11. The summed E-state index contributed by atoms with van der Waals surface area (Å²) in [4.78, 5) is 0. The Hall–Kier alpha value is -4.96. The molecule has 3 atom stereocenters. The Kier molecular flexibility index (Phi) is 19.6. The van der Waals surface area contributed by atoms with E-state index < -0.39 is 18.3 Å². The number of aliphatic hydroxyl groups is 3. The van der Waals surface area contributed by atoms with E-state index in [0.717, 1.165) is 12.0 Å². The van der Waals surface area contributed by atoms with Crippen LogP contribution < -0.4 is 16.8 Å². The highest BCUT2D eigenvalue weighted by Crippen LogP contribution is 2.31. The zero-order valence-corrected chi connectivity index (χ0v) is 29.1. The van der Waals surface area contributed by atoms with Gasteiger partial charge in [-0.3, -0.25) is 0 Å². The number of nitrogens with one attached hydrogen (secondary N) is 1. The molecule has 51 heavy (non-hydrogen) atoms. The summed E-state index contributed by atoms with van der Waals surface area (Å²) in [7, 11) is 1.73. The summed E-state index contributed by atoms with van der Waals surface area (Å²) in [5.74, 6) is -0.825. The van der Waals surface area contributed by atoms with Gasteiger partial charge in [0.15, 0.2) is 46.0 Å². The van der Waals surface area contributed by atoms with E-state index in [2.05, 4.69) is 19.2 Å². The SMILES string of the molecule is CC(C)CCC(O)c1ccc(O)c(O)c1.CNCC(O)c1ccc(O)c(O)c1.NCC(O)c1ccc(O)c(O)c1.NCCc1ccc(O)c(O)c1. The maximum absolute atomic E-state index is 9.79. The standard InChI is InChI=1S/C12H18O3.C9H13NO3.C8H11NO3.C8H11NO2/c1-8(2)3-5-10(13)9-4-6-11(14)12(15)7-9;1-10-5-9(13)6-2-3-7(11)8(12)4-6;9-4-8(12)5-1-2-6(10)7(11)3-5;9-4-3-6-1-2-7(10)8(11)5-6/h4,6-8,10,13-15H,3,5H2,1-2H3;2-4,9-13H,5H2,1H3;1-3,8,10-12H,4,9H2;1-2,5,10-11H,3-4,9H2. The number of hydrogen-bond acceptors (Lipinski definition) is 14. The molecule has 0 radical (unpaired) electrons. The van der Waals surface area contributed by atoms with Crippen LogP contribution in [0.25, 0.3) is 0 Å². The van der Waals surface area contributed by atoms with E-state index >= 15 is 0 Å². The molecule has 3 unspecified atom stereocenters. The molecule has 14 nitrogen and oxygen atoms in total. The van der Waals surface area contributed by atoms with Crippen LogP contribution in [0.15, 0.2) is 72.8 Å². The average molecular weight is 716 g/mol. The fourth-order valence-corrected chi connectivity index (χ4v) is 4.24. The Bertz CT molecular complexity index is 1600. The van der Waals surface area contributed by atoms with Gasteiger partial charge < -0.3 is 73.0 Å². The zero-order valence-electron chi connectivity index (χ0n) is 29.1. The average Bonchev–Trinajstić information content (AvgIpc) is 3.09. The number of benzene rings is 4. The molecule has 0 spiro atoms. The number of hydrogen-bond donors (Lipinski definition) is 14. The van der Waals surface area contributed by atoms with Gasteiger partial charge in [0.25, 0.3) is 0 Å². The molecule has 16 N–H and O–H groups in total. The van der Waals surface area contributed by atoms with Crippen LogP contribution in [-0.2, 0) is 6.42 Å². The minimum Gasteiger partial charge on any atom is -0.504 e. The first-order chi connectivity index (χ1) is 24.0. The first-order valence-electron chi connectivity index (χ1n) is 16.2. The smallest absolute Gasteiger partial charge is 0.157 e. The van der Waals surface area contributed by atoms with Crippen molar-refractivity contribution in [2.45, 2.75) is 51.4 Å². The Morgan fingerprint density at radius 2 is 0.902 bits per heavy atom. The van der Waals surface area contributed by atoms with Gasteiger partial charge in [0, 0.05) is 13.1 Å². The second-order valence-electron chi connectivity index (χ2n) is 11.9. The Morgan fingerprint density at radius 3 is 1.25 bits per heavy atom. The molecule has 14 heteroatoms. The fourth-order valence-electron chi connectivity index (χ4n) is 4.24. The van der Waals surface area contributed by atoms with Crippen LogP contribution >= 0.6 is 0 Å². The summed E-state index contributed by atoms with van der Waals surface area (Å²) in [6.45, 7) is 5.24. The van der Waals surface area contributed by atoms with Gasteiger partial charge in [-0.15, -0.1) is 0 Å². The molecule has 0 aliphatic rings. The summed E-state index contributed by atoms with van der Waals surface area (Å²) < 4.78 is 0. The van der Waals surface area contributed by atoms with Crippen LogP contribution in [0.1, 0.15) is 67.3 Å². The second kappa shape index (κ2) is 22.7. The first-order valence-corrected chi connectivity index (χ1v) is 16.2. The van der Waals surface area contributed by atoms with Crippen LogP contribution in [0.4, 0.5) is 0 Å². The van der Waals surface area contributed by atoms with Crippen LogP contribution in [0.3, 0.4) is 0 Å². The second-order valence-corrected chi connectivity index (χ2v) is 11.9. The maximum atomic E-state index is 9.79. The number of aromatic hydroxyl groups is 8. The van der Waals surface area contributed by atoms with Crippen molar-refractivity contribution in [3.8, 4) is 46.0 Å². The molecule has 4 aromatic rings. The lowest BCUT2D eigenvalue weighted by Crippen LogP contribution is -2.16. The minimum atomic E-state index is -0.795. The lowest BCUT2D eigenvalue weighted by Gasteiger charge is -2.13. The number of rotatable bonds is 11. The van der Waals surface area contributed by atoms with Gasteiger partial charge in [0.05, 0.1) is 18.3 Å². The fraction of sp³-hybridized carbons (Fsp3) is 0.351. The highest BCUT2D eigenvalue weighted by atomic mass is 16.3. The van der Waals surface area contributed by atoms with Gasteiger partial charge in [-0.1, -0.05) is 38.1 Å². The van der Waals surface area contributed by atoms with Crippen molar-refractivity contribution < 1.29 is 56.2 Å². The van der Waals surface area contributed by atoms with Crippen molar-refractivity contribution >= 4 is 0 Å². The predicted molar refractivity (Wildman–Crippen MR) is 194 cm³/mol. The molecular weight excluding hydrogens is 662 g/mol.